The van der Waals surface area contributed by atoms with Crippen LogP contribution in [0, 0.1) is 0 Å². The minimum absolute atomic E-state index is 0.166. The van der Waals surface area contributed by atoms with E-state index in [9.17, 15) is 9.59 Å². The van der Waals surface area contributed by atoms with E-state index >= 15 is 0 Å². The molecule has 0 radical (unpaired) electrons. The Hall–Kier alpha value is -3.10. The molecule has 29 heavy (non-hydrogen) atoms. The van der Waals surface area contributed by atoms with Crippen molar-refractivity contribution in [2.45, 2.75) is 0 Å². The lowest BCUT2D eigenvalue weighted by molar-refractivity contribution is 0.0992. The lowest BCUT2D eigenvalue weighted by Crippen LogP contribution is -2.14. The van der Waals surface area contributed by atoms with E-state index in [1.807, 2.05) is 0 Å². The Morgan fingerprint density at radius 1 is 0.931 bits per heavy atom. The molecule has 7 nitrogen and oxygen atoms in total. The summed E-state index contributed by atoms with van der Waals surface area (Å²) in [6, 6.07) is 16.9. The highest BCUT2D eigenvalue weighted by Crippen LogP contribution is 2.19. The first-order valence-electron chi connectivity index (χ1n) is 8.75. The predicted octanol–water partition coefficient (Wildman–Crippen LogP) is 4.57. The van der Waals surface area contributed by atoms with E-state index in [-0.39, 0.29) is 11.7 Å². The highest BCUT2D eigenvalue weighted by Gasteiger charge is 2.12. The Kier molecular flexibility index (Phi) is 7.04. The Labute approximate surface area is 176 Å². The van der Waals surface area contributed by atoms with Gasteiger partial charge in [-0.15, -0.1) is 0 Å². The Morgan fingerprint density at radius 2 is 1.69 bits per heavy atom. The Morgan fingerprint density at radius 3 is 2.38 bits per heavy atom. The first-order chi connectivity index (χ1) is 14.0. The quantitative estimate of drug-likeness (QED) is 0.482. The van der Waals surface area contributed by atoms with Crippen LogP contribution in [-0.2, 0) is 4.74 Å². The van der Waals surface area contributed by atoms with E-state index in [0.717, 1.165) is 0 Å². The van der Waals surface area contributed by atoms with E-state index in [1.165, 1.54) is 0 Å². The molecule has 3 aromatic rings. The summed E-state index contributed by atoms with van der Waals surface area (Å²) in [6.45, 7) is 0.957. The zero-order chi connectivity index (χ0) is 20.6. The maximum atomic E-state index is 12.5. The molecule has 1 heterocycles. The van der Waals surface area contributed by atoms with Crippen LogP contribution in [0.4, 0.5) is 11.4 Å². The Bertz CT molecular complexity index is 985. The molecule has 150 valence electrons. The molecule has 0 fully saturated rings. The fourth-order valence-electron chi connectivity index (χ4n) is 2.45. The minimum atomic E-state index is -0.405. The molecule has 8 heteroatoms. The average molecular weight is 459 g/mol. The molecule has 0 aliphatic rings. The molecular weight excluding hydrogens is 440 g/mol. The molecule has 0 aliphatic carbocycles. The minimum Gasteiger partial charge on any atom is -0.491 e. The van der Waals surface area contributed by atoms with Gasteiger partial charge in [-0.05, 0) is 70.5 Å². The first-order valence-corrected chi connectivity index (χ1v) is 9.54. The smallest absolute Gasteiger partial charge is 0.291 e. The molecule has 0 bridgehead atoms. The second kappa shape index (κ2) is 9.90. The van der Waals surface area contributed by atoms with Gasteiger partial charge < -0.3 is 24.5 Å². The zero-order valence-electron chi connectivity index (χ0n) is 15.6. The summed E-state index contributed by atoms with van der Waals surface area (Å²) in [5.74, 6) is 0.154. The number of carbonyl (C=O) groups is 2. The fraction of sp³-hybridized carbons (Fsp3) is 0.143. The van der Waals surface area contributed by atoms with Gasteiger partial charge in [-0.3, -0.25) is 9.59 Å². The highest BCUT2D eigenvalue weighted by molar-refractivity contribution is 9.10. The van der Waals surface area contributed by atoms with Crippen molar-refractivity contribution in [3.8, 4) is 5.75 Å². The molecule has 2 amide bonds. The summed E-state index contributed by atoms with van der Waals surface area (Å²) in [5, 5.41) is 5.51. The highest BCUT2D eigenvalue weighted by atomic mass is 79.9. The van der Waals surface area contributed by atoms with E-state index in [0.29, 0.717) is 40.6 Å². The SMILES string of the molecule is COCCOc1ccc(NC(=O)c2cccc(NC(=O)c3ccc(Br)o3)c2)cc1. The number of ether oxygens (including phenoxy) is 2. The van der Waals surface area contributed by atoms with Gasteiger partial charge in [0.05, 0.1) is 6.61 Å². The van der Waals surface area contributed by atoms with Crippen LogP contribution in [0.2, 0.25) is 0 Å². The molecule has 2 aromatic carbocycles. The molecule has 1 aromatic heterocycles. The van der Waals surface area contributed by atoms with Crippen molar-refractivity contribution >= 4 is 39.1 Å². The largest absolute Gasteiger partial charge is 0.491 e. The number of carbonyl (C=O) groups excluding carboxylic acids is 2. The lowest BCUT2D eigenvalue weighted by atomic mass is 10.1. The van der Waals surface area contributed by atoms with Gasteiger partial charge >= 0.3 is 0 Å². The van der Waals surface area contributed by atoms with Gasteiger partial charge in [-0.1, -0.05) is 6.07 Å². The number of nitrogens with one attached hydrogen (secondary N) is 2. The molecular formula is C21H19BrN2O5. The van der Waals surface area contributed by atoms with E-state index in [2.05, 4.69) is 26.6 Å². The van der Waals surface area contributed by atoms with Crippen molar-refractivity contribution in [1.29, 1.82) is 0 Å². The lowest BCUT2D eigenvalue weighted by Gasteiger charge is -2.09. The number of hydrogen-bond donors (Lipinski definition) is 2. The van der Waals surface area contributed by atoms with Crippen molar-refractivity contribution < 1.29 is 23.5 Å². The molecule has 0 aliphatic heterocycles. The van der Waals surface area contributed by atoms with Crippen molar-refractivity contribution in [3.05, 3.63) is 76.7 Å². The maximum Gasteiger partial charge on any atom is 0.291 e. The van der Waals surface area contributed by atoms with Gasteiger partial charge in [0.15, 0.2) is 10.4 Å². The van der Waals surface area contributed by atoms with Gasteiger partial charge in [0, 0.05) is 24.0 Å². The molecule has 2 N–H and O–H groups in total. The van der Waals surface area contributed by atoms with Gasteiger partial charge in [-0.25, -0.2) is 0 Å². The topological polar surface area (TPSA) is 89.8 Å². The average Bonchev–Trinajstić information content (AvgIpc) is 3.16. The van der Waals surface area contributed by atoms with Gasteiger partial charge in [0.2, 0.25) is 0 Å². The summed E-state index contributed by atoms with van der Waals surface area (Å²) in [7, 11) is 1.61. The monoisotopic (exact) mass is 458 g/mol. The standard InChI is InChI=1S/C21H19BrN2O5/c1-27-11-12-28-17-7-5-15(6-8-17)23-20(25)14-3-2-4-16(13-14)24-21(26)18-9-10-19(22)29-18/h2-10,13H,11-12H2,1H3,(H,23,25)(H,24,26). The normalized spacial score (nSPS) is 10.4. The fourth-order valence-corrected chi connectivity index (χ4v) is 2.75. The van der Waals surface area contributed by atoms with Crippen LogP contribution in [0.25, 0.3) is 0 Å². The van der Waals surface area contributed by atoms with Crippen molar-refractivity contribution in [1.82, 2.24) is 0 Å². The number of rotatable bonds is 8. The Balaban J connectivity index is 1.61. The van der Waals surface area contributed by atoms with Crippen LogP contribution in [0.3, 0.4) is 0 Å². The second-order valence-corrected chi connectivity index (χ2v) is 6.74. The van der Waals surface area contributed by atoms with Gasteiger partial charge in [-0.2, -0.15) is 0 Å². The van der Waals surface area contributed by atoms with E-state index in [1.54, 1.807) is 67.8 Å². The van der Waals surface area contributed by atoms with Gasteiger partial charge in [0.1, 0.15) is 12.4 Å². The van der Waals surface area contributed by atoms with Crippen LogP contribution in [0.5, 0.6) is 5.75 Å². The number of anilines is 2. The van der Waals surface area contributed by atoms with Crippen LogP contribution in [-0.4, -0.2) is 32.1 Å². The summed E-state index contributed by atoms with van der Waals surface area (Å²) >= 11 is 3.16. The van der Waals surface area contributed by atoms with E-state index < -0.39 is 5.91 Å². The number of furan rings is 1. The van der Waals surface area contributed by atoms with Crippen LogP contribution in [0.15, 0.2) is 69.8 Å². The molecule has 0 spiro atoms. The number of halogens is 1. The van der Waals surface area contributed by atoms with E-state index in [4.69, 9.17) is 13.9 Å². The van der Waals surface area contributed by atoms with Crippen LogP contribution < -0.4 is 15.4 Å². The maximum absolute atomic E-state index is 12.5. The number of methoxy groups -OCH3 is 1. The summed E-state index contributed by atoms with van der Waals surface area (Å²) in [5.41, 5.74) is 1.52. The summed E-state index contributed by atoms with van der Waals surface area (Å²) in [4.78, 5) is 24.7. The number of amides is 2. The third-order valence-electron chi connectivity index (χ3n) is 3.85. The van der Waals surface area contributed by atoms with Crippen LogP contribution in [0.1, 0.15) is 20.9 Å². The summed E-state index contributed by atoms with van der Waals surface area (Å²) in [6.07, 6.45) is 0. The molecule has 3 rings (SSSR count). The van der Waals surface area contributed by atoms with Crippen molar-refractivity contribution in [2.75, 3.05) is 31.0 Å². The van der Waals surface area contributed by atoms with Crippen LogP contribution >= 0.6 is 15.9 Å². The van der Waals surface area contributed by atoms with Crippen molar-refractivity contribution in [2.24, 2.45) is 0 Å². The summed E-state index contributed by atoms with van der Waals surface area (Å²) < 4.78 is 16.1. The zero-order valence-corrected chi connectivity index (χ0v) is 17.2. The third-order valence-corrected chi connectivity index (χ3v) is 4.27. The van der Waals surface area contributed by atoms with Crippen molar-refractivity contribution in [3.63, 3.8) is 0 Å². The molecule has 0 unspecified atom stereocenters. The molecule has 0 atom stereocenters. The molecule has 0 saturated carbocycles. The first kappa shape index (κ1) is 20.6. The third kappa shape index (κ3) is 5.94. The predicted molar refractivity (Wildman–Crippen MR) is 113 cm³/mol. The number of hydrogen-bond acceptors (Lipinski definition) is 5. The molecule has 0 saturated heterocycles. The van der Waals surface area contributed by atoms with Gasteiger partial charge in [0.25, 0.3) is 11.8 Å². The second-order valence-electron chi connectivity index (χ2n) is 5.96. The number of benzene rings is 2.